The first-order valence-electron chi connectivity index (χ1n) is 11.4. The molecule has 174 valence electrons. The van der Waals surface area contributed by atoms with Crippen molar-refractivity contribution in [3.05, 3.63) is 24.2 Å². The number of ether oxygens (including phenoxy) is 4. The van der Waals surface area contributed by atoms with E-state index in [0.29, 0.717) is 19.4 Å². The SMILES string of the molecule is CC(=O)OC[C@@]12[C@@H](OC(C)=O)C[C@@H](C)[C@]3(C[C@@H](c4ccoc4)OC3=O)[C@H]1CCC[C@@]21CO1. The van der Waals surface area contributed by atoms with Crippen LogP contribution in [0, 0.1) is 22.7 Å². The Morgan fingerprint density at radius 3 is 2.66 bits per heavy atom. The summed E-state index contributed by atoms with van der Waals surface area (Å²) in [6, 6.07) is 1.82. The molecule has 0 radical (unpaired) electrons. The van der Waals surface area contributed by atoms with Crippen molar-refractivity contribution in [2.75, 3.05) is 13.2 Å². The van der Waals surface area contributed by atoms with Gasteiger partial charge in [-0.25, -0.2) is 0 Å². The van der Waals surface area contributed by atoms with E-state index in [4.69, 9.17) is 23.4 Å². The van der Waals surface area contributed by atoms with Gasteiger partial charge in [0, 0.05) is 25.8 Å². The van der Waals surface area contributed by atoms with E-state index in [1.165, 1.54) is 13.8 Å². The number of hydrogen-bond acceptors (Lipinski definition) is 8. The van der Waals surface area contributed by atoms with Crippen LogP contribution in [-0.2, 0) is 33.3 Å². The summed E-state index contributed by atoms with van der Waals surface area (Å²) in [6.07, 6.45) is 5.72. The molecule has 0 N–H and O–H groups in total. The van der Waals surface area contributed by atoms with Gasteiger partial charge in [-0.15, -0.1) is 0 Å². The highest BCUT2D eigenvalue weighted by Crippen LogP contribution is 2.71. The number of carbonyl (C=O) groups excluding carboxylic acids is 3. The van der Waals surface area contributed by atoms with Crippen LogP contribution in [0.2, 0.25) is 0 Å². The number of hydrogen-bond donors (Lipinski definition) is 0. The second-order valence-corrected chi connectivity index (χ2v) is 9.98. The third-order valence-corrected chi connectivity index (χ3v) is 8.57. The van der Waals surface area contributed by atoms with Gasteiger partial charge in [-0.2, -0.15) is 0 Å². The fourth-order valence-electron chi connectivity index (χ4n) is 7.12. The van der Waals surface area contributed by atoms with Crippen LogP contribution in [0.25, 0.3) is 0 Å². The number of epoxide rings is 1. The maximum absolute atomic E-state index is 13.7. The van der Waals surface area contributed by atoms with E-state index in [1.807, 2.05) is 13.0 Å². The van der Waals surface area contributed by atoms with E-state index in [9.17, 15) is 14.4 Å². The number of cyclic esters (lactones) is 1. The normalized spacial score (nSPS) is 42.4. The first kappa shape index (κ1) is 21.5. The summed E-state index contributed by atoms with van der Waals surface area (Å²) in [6.45, 7) is 5.37. The Bertz CT molecular complexity index is 918. The molecule has 2 spiro atoms. The number of esters is 3. The van der Waals surface area contributed by atoms with E-state index < -0.39 is 34.6 Å². The molecule has 8 nitrogen and oxygen atoms in total. The van der Waals surface area contributed by atoms with Gasteiger partial charge in [0.25, 0.3) is 0 Å². The molecule has 2 saturated heterocycles. The predicted molar refractivity (Wildman–Crippen MR) is 109 cm³/mol. The molecule has 0 bridgehead atoms. The van der Waals surface area contributed by atoms with Crippen molar-refractivity contribution in [1.29, 1.82) is 0 Å². The van der Waals surface area contributed by atoms with E-state index in [1.54, 1.807) is 12.5 Å². The average molecular weight is 446 g/mol. The summed E-state index contributed by atoms with van der Waals surface area (Å²) in [4.78, 5) is 37.7. The van der Waals surface area contributed by atoms with E-state index in [0.717, 1.165) is 24.8 Å². The van der Waals surface area contributed by atoms with Crippen LogP contribution in [-0.4, -0.2) is 42.8 Å². The predicted octanol–water partition coefficient (Wildman–Crippen LogP) is 3.34. The molecule has 4 aliphatic rings. The zero-order valence-electron chi connectivity index (χ0n) is 18.8. The summed E-state index contributed by atoms with van der Waals surface area (Å²) in [5, 5.41) is 0. The maximum atomic E-state index is 13.7. The molecule has 32 heavy (non-hydrogen) atoms. The molecule has 0 amide bonds. The first-order chi connectivity index (χ1) is 15.2. The highest BCUT2D eigenvalue weighted by Gasteiger charge is 2.78. The van der Waals surface area contributed by atoms with Crippen molar-refractivity contribution in [3.63, 3.8) is 0 Å². The van der Waals surface area contributed by atoms with Gasteiger partial charge in [0.15, 0.2) is 0 Å². The quantitative estimate of drug-likeness (QED) is 0.394. The molecule has 4 fully saturated rings. The summed E-state index contributed by atoms with van der Waals surface area (Å²) < 4.78 is 28.8. The zero-order valence-corrected chi connectivity index (χ0v) is 18.8. The summed E-state index contributed by atoms with van der Waals surface area (Å²) in [5.41, 5.74) is -1.30. The number of rotatable bonds is 4. The van der Waals surface area contributed by atoms with Crippen LogP contribution >= 0.6 is 0 Å². The van der Waals surface area contributed by atoms with Crippen molar-refractivity contribution >= 4 is 17.9 Å². The van der Waals surface area contributed by atoms with Gasteiger partial charge in [0.1, 0.15) is 24.4 Å². The number of fused-ring (bicyclic) bond motifs is 3. The summed E-state index contributed by atoms with van der Waals surface area (Å²) >= 11 is 0. The van der Waals surface area contributed by atoms with Gasteiger partial charge in [0.2, 0.25) is 0 Å². The van der Waals surface area contributed by atoms with Crippen molar-refractivity contribution in [3.8, 4) is 0 Å². The Morgan fingerprint density at radius 2 is 2.03 bits per heavy atom. The van der Waals surface area contributed by atoms with E-state index in [-0.39, 0.29) is 30.4 Å². The fourth-order valence-corrected chi connectivity index (χ4v) is 7.12. The Morgan fingerprint density at radius 1 is 1.25 bits per heavy atom. The average Bonchev–Trinajstić information content (AvgIpc) is 3.16. The second kappa shape index (κ2) is 7.33. The molecule has 0 unspecified atom stereocenters. The lowest BCUT2D eigenvalue weighted by molar-refractivity contribution is -0.228. The molecular weight excluding hydrogens is 416 g/mol. The second-order valence-electron chi connectivity index (χ2n) is 9.98. The Kier molecular flexibility index (Phi) is 4.93. The molecule has 1 aromatic heterocycles. The lowest BCUT2D eigenvalue weighted by atomic mass is 9.42. The van der Waals surface area contributed by atoms with Gasteiger partial charge in [0.05, 0.1) is 30.0 Å². The number of furan rings is 1. The molecule has 2 aliphatic carbocycles. The van der Waals surface area contributed by atoms with Gasteiger partial charge in [-0.1, -0.05) is 13.3 Å². The molecule has 3 heterocycles. The maximum Gasteiger partial charge on any atom is 0.313 e. The van der Waals surface area contributed by atoms with Crippen molar-refractivity contribution in [2.24, 2.45) is 22.7 Å². The van der Waals surface area contributed by atoms with Crippen LogP contribution in [0.5, 0.6) is 0 Å². The summed E-state index contributed by atoms with van der Waals surface area (Å²) in [7, 11) is 0. The van der Waals surface area contributed by atoms with Gasteiger partial charge in [-0.3, -0.25) is 14.4 Å². The Hall–Kier alpha value is -2.35. The lowest BCUT2D eigenvalue weighted by Gasteiger charge is -2.61. The van der Waals surface area contributed by atoms with E-state index >= 15 is 0 Å². The van der Waals surface area contributed by atoms with Gasteiger partial charge >= 0.3 is 17.9 Å². The molecule has 7 atom stereocenters. The first-order valence-corrected chi connectivity index (χ1v) is 11.4. The molecule has 1 aromatic rings. The van der Waals surface area contributed by atoms with Crippen molar-refractivity contribution in [2.45, 2.75) is 70.7 Å². The van der Waals surface area contributed by atoms with Gasteiger partial charge < -0.3 is 23.4 Å². The number of carbonyl (C=O) groups is 3. The highest BCUT2D eigenvalue weighted by molar-refractivity contribution is 5.81. The molecule has 8 heteroatoms. The monoisotopic (exact) mass is 446 g/mol. The highest BCUT2D eigenvalue weighted by atomic mass is 16.6. The smallest absolute Gasteiger partial charge is 0.313 e. The Labute approximate surface area is 186 Å². The largest absolute Gasteiger partial charge is 0.472 e. The minimum Gasteiger partial charge on any atom is -0.472 e. The standard InChI is InChI=1S/C24H30O8/c1-14-9-20(31-16(3)26)24(13-29-15(2)25)19(5-4-7-22(24)12-30-22)23(14)10-18(32-21(23)27)17-6-8-28-11-17/h6,8,11,14,18-20H,4-5,7,9-10,12-13H2,1-3H3/t14-,18+,19-,20+,22-,23-,24+/m1/s1. The molecule has 2 saturated carbocycles. The minimum atomic E-state index is -0.792. The third-order valence-electron chi connectivity index (χ3n) is 8.57. The zero-order chi connectivity index (χ0) is 22.7. The van der Waals surface area contributed by atoms with Crippen LogP contribution in [0.1, 0.15) is 64.5 Å². The fraction of sp³-hybridized carbons (Fsp3) is 0.708. The summed E-state index contributed by atoms with van der Waals surface area (Å²) in [5.74, 6) is -1.30. The van der Waals surface area contributed by atoms with Crippen LogP contribution in [0.15, 0.2) is 23.0 Å². The Balaban J connectivity index is 1.62. The van der Waals surface area contributed by atoms with Gasteiger partial charge in [-0.05, 0) is 37.2 Å². The molecule has 2 aliphatic heterocycles. The van der Waals surface area contributed by atoms with Crippen LogP contribution in [0.3, 0.4) is 0 Å². The molecular formula is C24H30O8. The van der Waals surface area contributed by atoms with Crippen LogP contribution in [0.4, 0.5) is 0 Å². The third kappa shape index (κ3) is 2.87. The van der Waals surface area contributed by atoms with Crippen LogP contribution < -0.4 is 0 Å². The van der Waals surface area contributed by atoms with Crippen molar-refractivity contribution in [1.82, 2.24) is 0 Å². The molecule has 0 aromatic carbocycles. The minimum absolute atomic E-state index is 0.0586. The lowest BCUT2D eigenvalue weighted by Crippen LogP contribution is -2.68. The van der Waals surface area contributed by atoms with Crippen molar-refractivity contribution < 1.29 is 37.7 Å². The molecule has 5 rings (SSSR count). The topological polar surface area (TPSA) is 105 Å². The van der Waals surface area contributed by atoms with E-state index in [2.05, 4.69) is 0 Å².